The molecule has 0 aromatic rings. The lowest BCUT2D eigenvalue weighted by Crippen LogP contribution is -2.01. The molecule has 0 aliphatic carbocycles. The van der Waals surface area contributed by atoms with Crippen LogP contribution < -0.4 is 0 Å². The van der Waals surface area contributed by atoms with E-state index in [-0.39, 0.29) is 32.0 Å². The summed E-state index contributed by atoms with van der Waals surface area (Å²) in [5.41, 5.74) is 0. The third-order valence-electron chi connectivity index (χ3n) is 1.21. The molecular formula is C8H17O5P. The summed E-state index contributed by atoms with van der Waals surface area (Å²) in [5.74, 6) is -0.0236. The fourth-order valence-electron chi connectivity index (χ4n) is 0.703. The zero-order chi connectivity index (χ0) is 11.0. The molecule has 0 saturated carbocycles. The molecule has 0 atom stereocenters. The molecule has 5 nitrogen and oxygen atoms in total. The SMILES string of the molecule is C=C(O)CCOP(=O)(OCC)OCC. The number of phosphoric ester groups is 1. The predicted octanol–water partition coefficient (Wildman–Crippen LogP) is 2.65. The molecule has 84 valence electrons. The van der Waals surface area contributed by atoms with E-state index in [1.165, 1.54) is 0 Å². The van der Waals surface area contributed by atoms with Crippen LogP contribution in [0, 0.1) is 0 Å². The van der Waals surface area contributed by atoms with Crippen LogP contribution in [0.2, 0.25) is 0 Å². The van der Waals surface area contributed by atoms with Gasteiger partial charge in [-0.2, -0.15) is 0 Å². The first-order chi connectivity index (χ1) is 6.54. The summed E-state index contributed by atoms with van der Waals surface area (Å²) in [6.07, 6.45) is 0.212. The van der Waals surface area contributed by atoms with Crippen LogP contribution >= 0.6 is 7.82 Å². The molecule has 0 bridgehead atoms. The largest absolute Gasteiger partial charge is 0.513 e. The van der Waals surface area contributed by atoms with Crippen molar-refractivity contribution in [2.45, 2.75) is 20.3 Å². The van der Waals surface area contributed by atoms with Gasteiger partial charge in [-0.15, -0.1) is 0 Å². The molecule has 0 aromatic carbocycles. The lowest BCUT2D eigenvalue weighted by Gasteiger charge is -2.15. The fraction of sp³-hybridized carbons (Fsp3) is 0.750. The Labute approximate surface area is 84.3 Å². The molecule has 0 fully saturated rings. The van der Waals surface area contributed by atoms with E-state index in [9.17, 15) is 4.57 Å². The van der Waals surface area contributed by atoms with E-state index in [1.54, 1.807) is 13.8 Å². The van der Waals surface area contributed by atoms with E-state index < -0.39 is 7.82 Å². The normalized spacial score (nSPS) is 11.6. The molecule has 0 aliphatic rings. The highest BCUT2D eigenvalue weighted by Crippen LogP contribution is 2.49. The zero-order valence-corrected chi connectivity index (χ0v) is 9.46. The Hall–Kier alpha value is -0.350. The molecular weight excluding hydrogens is 207 g/mol. The monoisotopic (exact) mass is 224 g/mol. The third-order valence-corrected chi connectivity index (χ3v) is 2.86. The van der Waals surface area contributed by atoms with Crippen molar-refractivity contribution < 1.29 is 23.2 Å². The standard InChI is InChI=1S/C8H17O5P/c1-4-11-14(10,12-5-2)13-7-6-8(3)9/h9H,3-7H2,1-2H3. The lowest BCUT2D eigenvalue weighted by atomic mass is 10.4. The Bertz CT molecular complexity index is 206. The van der Waals surface area contributed by atoms with Gasteiger partial charge in [0.05, 0.1) is 25.6 Å². The first-order valence-corrected chi connectivity index (χ1v) is 5.90. The van der Waals surface area contributed by atoms with Gasteiger partial charge in [-0.05, 0) is 13.8 Å². The summed E-state index contributed by atoms with van der Waals surface area (Å²) in [4.78, 5) is 0. The average Bonchev–Trinajstić information content (AvgIpc) is 2.03. The van der Waals surface area contributed by atoms with Gasteiger partial charge in [0.25, 0.3) is 0 Å². The van der Waals surface area contributed by atoms with Crippen molar-refractivity contribution in [2.24, 2.45) is 0 Å². The average molecular weight is 224 g/mol. The molecule has 6 heteroatoms. The summed E-state index contributed by atoms with van der Waals surface area (Å²) >= 11 is 0. The summed E-state index contributed by atoms with van der Waals surface area (Å²) in [5, 5.41) is 8.76. The van der Waals surface area contributed by atoms with Crippen molar-refractivity contribution >= 4 is 7.82 Å². The molecule has 1 N–H and O–H groups in total. The van der Waals surface area contributed by atoms with Crippen molar-refractivity contribution in [3.8, 4) is 0 Å². The van der Waals surface area contributed by atoms with Gasteiger partial charge in [0.1, 0.15) is 0 Å². The predicted molar refractivity (Wildman–Crippen MR) is 53.2 cm³/mol. The van der Waals surface area contributed by atoms with Crippen LogP contribution in [0.15, 0.2) is 12.3 Å². The van der Waals surface area contributed by atoms with Gasteiger partial charge in [0, 0.05) is 6.42 Å². The Morgan fingerprint density at radius 1 is 1.29 bits per heavy atom. The zero-order valence-electron chi connectivity index (χ0n) is 8.56. The minimum atomic E-state index is -3.43. The van der Waals surface area contributed by atoms with Crippen molar-refractivity contribution in [2.75, 3.05) is 19.8 Å². The van der Waals surface area contributed by atoms with Crippen molar-refractivity contribution in [3.05, 3.63) is 12.3 Å². The molecule has 0 saturated heterocycles. The Morgan fingerprint density at radius 2 is 1.79 bits per heavy atom. The Kier molecular flexibility index (Phi) is 6.83. The van der Waals surface area contributed by atoms with Gasteiger partial charge in [0.2, 0.25) is 0 Å². The molecule has 0 rings (SSSR count). The van der Waals surface area contributed by atoms with Crippen LogP contribution in [0.5, 0.6) is 0 Å². The summed E-state index contributed by atoms with van der Waals surface area (Å²) in [6, 6.07) is 0. The highest BCUT2D eigenvalue weighted by molar-refractivity contribution is 7.48. The van der Waals surface area contributed by atoms with E-state index in [1.807, 2.05) is 0 Å². The van der Waals surface area contributed by atoms with Gasteiger partial charge in [0.15, 0.2) is 0 Å². The smallest absolute Gasteiger partial charge is 0.474 e. The van der Waals surface area contributed by atoms with Crippen LogP contribution in [0.4, 0.5) is 0 Å². The van der Waals surface area contributed by atoms with Crippen LogP contribution in [0.3, 0.4) is 0 Å². The highest BCUT2D eigenvalue weighted by Gasteiger charge is 2.24. The van der Waals surface area contributed by atoms with E-state index in [2.05, 4.69) is 6.58 Å². The van der Waals surface area contributed by atoms with Crippen LogP contribution in [0.25, 0.3) is 0 Å². The maximum Gasteiger partial charge on any atom is 0.474 e. The van der Waals surface area contributed by atoms with E-state index in [4.69, 9.17) is 18.7 Å². The summed E-state index contributed by atoms with van der Waals surface area (Å²) in [6.45, 7) is 7.22. The third kappa shape index (κ3) is 6.16. The number of aliphatic hydroxyl groups is 1. The Morgan fingerprint density at radius 3 is 2.14 bits per heavy atom. The first kappa shape index (κ1) is 13.7. The van der Waals surface area contributed by atoms with Crippen LogP contribution in [-0.2, 0) is 18.1 Å². The van der Waals surface area contributed by atoms with E-state index >= 15 is 0 Å². The van der Waals surface area contributed by atoms with Crippen molar-refractivity contribution in [3.63, 3.8) is 0 Å². The highest BCUT2D eigenvalue weighted by atomic mass is 31.2. The molecule has 0 amide bonds. The number of phosphoric acid groups is 1. The van der Waals surface area contributed by atoms with Gasteiger partial charge in [-0.25, -0.2) is 4.57 Å². The van der Waals surface area contributed by atoms with Crippen molar-refractivity contribution in [1.82, 2.24) is 0 Å². The molecule has 0 aliphatic heterocycles. The van der Waals surface area contributed by atoms with Gasteiger partial charge in [-0.1, -0.05) is 6.58 Å². The van der Waals surface area contributed by atoms with Crippen LogP contribution in [0.1, 0.15) is 20.3 Å². The molecule has 0 aromatic heterocycles. The molecule has 0 radical (unpaired) electrons. The molecule has 0 spiro atoms. The quantitative estimate of drug-likeness (QED) is 0.507. The number of aliphatic hydroxyl groups excluding tert-OH is 1. The maximum absolute atomic E-state index is 11.6. The Balaban J connectivity index is 3.96. The van der Waals surface area contributed by atoms with Crippen LogP contribution in [-0.4, -0.2) is 24.9 Å². The van der Waals surface area contributed by atoms with E-state index in [0.29, 0.717) is 0 Å². The lowest BCUT2D eigenvalue weighted by molar-refractivity contribution is 0.120. The second-order valence-corrected chi connectivity index (χ2v) is 4.10. The summed E-state index contributed by atoms with van der Waals surface area (Å²) < 4.78 is 26.2. The van der Waals surface area contributed by atoms with Gasteiger partial charge >= 0.3 is 7.82 Å². The number of rotatable bonds is 8. The molecule has 0 heterocycles. The minimum Gasteiger partial charge on any atom is -0.513 e. The second-order valence-electron chi connectivity index (χ2n) is 2.43. The van der Waals surface area contributed by atoms with Crippen molar-refractivity contribution in [1.29, 1.82) is 0 Å². The van der Waals surface area contributed by atoms with Gasteiger partial charge < -0.3 is 5.11 Å². The minimum absolute atomic E-state index is 0.0236. The topological polar surface area (TPSA) is 65.0 Å². The number of hydrogen-bond acceptors (Lipinski definition) is 5. The fourth-order valence-corrected chi connectivity index (χ4v) is 1.87. The maximum atomic E-state index is 11.6. The second kappa shape index (κ2) is 7.01. The van der Waals surface area contributed by atoms with Gasteiger partial charge in [-0.3, -0.25) is 13.6 Å². The first-order valence-electron chi connectivity index (χ1n) is 4.44. The summed E-state index contributed by atoms with van der Waals surface area (Å²) in [7, 11) is -3.43. The molecule has 0 unspecified atom stereocenters. The number of hydrogen-bond donors (Lipinski definition) is 1. The van der Waals surface area contributed by atoms with E-state index in [0.717, 1.165) is 0 Å². The molecule has 14 heavy (non-hydrogen) atoms.